The molecule has 1 saturated carbocycles. The second-order valence-corrected chi connectivity index (χ2v) is 11.8. The molecule has 1 aliphatic rings. The van der Waals surface area contributed by atoms with E-state index in [1.54, 1.807) is 0 Å². The standard InChI is InChI=1S/C38H38N2O3/c1-5-42-37(41)38(21-22-38)33-19-17-29(18-20-33)28-13-15-30(16-14-28)36-35(26(2)39-43-36)24-27-9-8-11-31(23-27)34-12-7-6-10-32(34)25-40(3)4/h6-20,23H,5,21-22,24-25H2,1-4H3. The lowest BCUT2D eigenvalue weighted by Gasteiger charge is -2.15. The third-order valence-electron chi connectivity index (χ3n) is 8.44. The van der Waals surface area contributed by atoms with Crippen LogP contribution in [-0.4, -0.2) is 36.7 Å². The van der Waals surface area contributed by atoms with E-state index in [4.69, 9.17) is 9.26 Å². The van der Waals surface area contributed by atoms with E-state index in [2.05, 4.69) is 121 Å². The number of carbonyl (C=O) groups excluding carboxylic acids is 1. The third-order valence-corrected chi connectivity index (χ3v) is 8.44. The Morgan fingerprint density at radius 3 is 2.21 bits per heavy atom. The molecular formula is C38H38N2O3. The molecule has 5 heteroatoms. The van der Waals surface area contributed by atoms with Crippen LogP contribution < -0.4 is 0 Å². The Morgan fingerprint density at radius 1 is 0.860 bits per heavy atom. The molecule has 0 atom stereocenters. The number of aromatic nitrogens is 1. The average Bonchev–Trinajstić information content (AvgIpc) is 3.76. The monoisotopic (exact) mass is 570 g/mol. The normalized spacial score (nSPS) is 13.7. The van der Waals surface area contributed by atoms with Gasteiger partial charge in [0.15, 0.2) is 5.76 Å². The van der Waals surface area contributed by atoms with Crippen molar-refractivity contribution in [2.24, 2.45) is 0 Å². The first-order valence-electron chi connectivity index (χ1n) is 15.0. The second kappa shape index (κ2) is 12.0. The highest BCUT2D eigenvalue weighted by molar-refractivity contribution is 5.87. The summed E-state index contributed by atoms with van der Waals surface area (Å²) in [6.07, 6.45) is 2.44. The largest absolute Gasteiger partial charge is 0.465 e. The van der Waals surface area contributed by atoms with Gasteiger partial charge < -0.3 is 14.2 Å². The fourth-order valence-electron chi connectivity index (χ4n) is 5.96. The van der Waals surface area contributed by atoms with E-state index in [1.807, 2.05) is 13.8 Å². The third kappa shape index (κ3) is 5.91. The van der Waals surface area contributed by atoms with Crippen LogP contribution in [0.15, 0.2) is 102 Å². The number of esters is 1. The molecule has 6 rings (SSSR count). The first kappa shape index (κ1) is 28.6. The summed E-state index contributed by atoms with van der Waals surface area (Å²) in [7, 11) is 4.20. The molecule has 5 aromatic rings. The summed E-state index contributed by atoms with van der Waals surface area (Å²) in [5.74, 6) is 0.703. The maximum absolute atomic E-state index is 12.5. The summed E-state index contributed by atoms with van der Waals surface area (Å²) < 4.78 is 11.2. The molecule has 43 heavy (non-hydrogen) atoms. The zero-order chi connectivity index (χ0) is 30.0. The summed E-state index contributed by atoms with van der Waals surface area (Å²) in [4.78, 5) is 14.7. The maximum atomic E-state index is 12.5. The van der Waals surface area contributed by atoms with Crippen LogP contribution in [0, 0.1) is 6.92 Å². The summed E-state index contributed by atoms with van der Waals surface area (Å²) >= 11 is 0. The number of nitrogens with zero attached hydrogens (tertiary/aromatic N) is 2. The average molecular weight is 571 g/mol. The van der Waals surface area contributed by atoms with Gasteiger partial charge in [0.05, 0.1) is 17.7 Å². The van der Waals surface area contributed by atoms with Crippen molar-refractivity contribution in [3.8, 4) is 33.6 Å². The number of hydrogen-bond donors (Lipinski definition) is 0. The number of hydrogen-bond acceptors (Lipinski definition) is 5. The molecule has 0 saturated heterocycles. The van der Waals surface area contributed by atoms with Gasteiger partial charge in [-0.3, -0.25) is 4.79 Å². The first-order chi connectivity index (χ1) is 20.9. The maximum Gasteiger partial charge on any atom is 0.316 e. The Morgan fingerprint density at radius 2 is 1.53 bits per heavy atom. The van der Waals surface area contributed by atoms with Crippen molar-refractivity contribution in [3.05, 3.63) is 125 Å². The lowest BCUT2D eigenvalue weighted by molar-refractivity contribution is -0.146. The van der Waals surface area contributed by atoms with Crippen LogP contribution in [0.4, 0.5) is 0 Å². The van der Waals surface area contributed by atoms with Crippen molar-refractivity contribution in [2.75, 3.05) is 20.7 Å². The van der Waals surface area contributed by atoms with E-state index in [9.17, 15) is 4.79 Å². The molecule has 0 spiro atoms. The molecule has 218 valence electrons. The minimum absolute atomic E-state index is 0.105. The SMILES string of the molecule is CCOC(=O)C1(c2ccc(-c3ccc(-c4onc(C)c4Cc4cccc(-c5ccccc5CN(C)C)c4)cc3)cc2)CC1. The molecule has 1 aliphatic carbocycles. The lowest BCUT2D eigenvalue weighted by Crippen LogP contribution is -2.23. The number of benzene rings is 4. The van der Waals surface area contributed by atoms with Gasteiger partial charge in [-0.1, -0.05) is 102 Å². The van der Waals surface area contributed by atoms with Crippen molar-refractivity contribution >= 4 is 5.97 Å². The topological polar surface area (TPSA) is 55.6 Å². The van der Waals surface area contributed by atoms with Gasteiger partial charge in [-0.15, -0.1) is 0 Å². The molecule has 1 heterocycles. The zero-order valence-electron chi connectivity index (χ0n) is 25.4. The molecule has 0 radical (unpaired) electrons. The zero-order valence-corrected chi connectivity index (χ0v) is 25.4. The van der Waals surface area contributed by atoms with Gasteiger partial charge in [0.2, 0.25) is 0 Å². The summed E-state index contributed by atoms with van der Waals surface area (Å²) in [6, 6.07) is 34.2. The number of ether oxygens (including phenoxy) is 1. The summed E-state index contributed by atoms with van der Waals surface area (Å²) in [5.41, 5.74) is 10.8. The molecule has 1 fully saturated rings. The van der Waals surface area contributed by atoms with Crippen molar-refractivity contribution in [3.63, 3.8) is 0 Å². The number of rotatable bonds is 10. The molecule has 4 aromatic carbocycles. The Hall–Kier alpha value is -4.48. The Balaban J connectivity index is 1.22. The Bertz CT molecular complexity index is 1730. The Kier molecular flexibility index (Phi) is 8.00. The van der Waals surface area contributed by atoms with Crippen molar-refractivity contribution in [2.45, 2.75) is 45.1 Å². The van der Waals surface area contributed by atoms with Crippen LogP contribution in [0.25, 0.3) is 33.6 Å². The van der Waals surface area contributed by atoms with E-state index in [1.165, 1.54) is 22.3 Å². The molecule has 0 N–H and O–H groups in total. The molecule has 0 aliphatic heterocycles. The number of aryl methyl sites for hydroxylation is 1. The van der Waals surface area contributed by atoms with Gasteiger partial charge in [0.25, 0.3) is 0 Å². The van der Waals surface area contributed by atoms with E-state index in [-0.39, 0.29) is 5.97 Å². The van der Waals surface area contributed by atoms with Crippen molar-refractivity contribution < 1.29 is 14.1 Å². The lowest BCUT2D eigenvalue weighted by atomic mass is 9.93. The van der Waals surface area contributed by atoms with Crippen molar-refractivity contribution in [1.29, 1.82) is 0 Å². The van der Waals surface area contributed by atoms with Crippen molar-refractivity contribution in [1.82, 2.24) is 10.1 Å². The first-order valence-corrected chi connectivity index (χ1v) is 15.0. The molecule has 5 nitrogen and oxygen atoms in total. The number of carbonyl (C=O) groups is 1. The highest BCUT2D eigenvalue weighted by atomic mass is 16.5. The molecular weight excluding hydrogens is 532 g/mol. The Labute approximate surface area is 254 Å². The minimum atomic E-state index is -0.450. The molecule has 0 amide bonds. The van der Waals surface area contributed by atoms with Crippen LogP contribution in [0.3, 0.4) is 0 Å². The van der Waals surface area contributed by atoms with Gasteiger partial charge in [-0.25, -0.2) is 0 Å². The van der Waals surface area contributed by atoms with E-state index < -0.39 is 5.41 Å². The van der Waals surface area contributed by atoms with Gasteiger partial charge in [0, 0.05) is 24.1 Å². The van der Waals surface area contributed by atoms with Crippen LogP contribution in [0.5, 0.6) is 0 Å². The van der Waals surface area contributed by atoms with Crippen LogP contribution in [0.1, 0.15) is 47.7 Å². The predicted octanol–water partition coefficient (Wildman–Crippen LogP) is 8.23. The minimum Gasteiger partial charge on any atom is -0.465 e. The highest BCUT2D eigenvalue weighted by Crippen LogP contribution is 2.49. The fraction of sp³-hybridized carbons (Fsp3) is 0.263. The van der Waals surface area contributed by atoms with Gasteiger partial charge in [-0.05, 0) is 79.7 Å². The van der Waals surface area contributed by atoms with E-state index >= 15 is 0 Å². The van der Waals surface area contributed by atoms with E-state index in [0.29, 0.717) is 6.61 Å². The summed E-state index contributed by atoms with van der Waals surface area (Å²) in [5, 5.41) is 4.34. The van der Waals surface area contributed by atoms with Gasteiger partial charge in [-0.2, -0.15) is 0 Å². The predicted molar refractivity (Wildman–Crippen MR) is 172 cm³/mol. The quantitative estimate of drug-likeness (QED) is 0.158. The molecule has 0 bridgehead atoms. The fourth-order valence-corrected chi connectivity index (χ4v) is 5.96. The smallest absolute Gasteiger partial charge is 0.316 e. The van der Waals surface area contributed by atoms with Crippen LogP contribution >= 0.6 is 0 Å². The molecule has 1 aromatic heterocycles. The molecule has 0 unspecified atom stereocenters. The highest BCUT2D eigenvalue weighted by Gasteiger charge is 2.52. The van der Waals surface area contributed by atoms with Gasteiger partial charge >= 0.3 is 5.97 Å². The van der Waals surface area contributed by atoms with Crippen LogP contribution in [-0.2, 0) is 27.9 Å². The van der Waals surface area contributed by atoms with Gasteiger partial charge in [0.1, 0.15) is 0 Å². The van der Waals surface area contributed by atoms with Crippen LogP contribution in [0.2, 0.25) is 0 Å². The summed E-state index contributed by atoms with van der Waals surface area (Å²) in [6.45, 7) is 5.17. The second-order valence-electron chi connectivity index (χ2n) is 11.8. The van der Waals surface area contributed by atoms with E-state index in [0.717, 1.165) is 65.1 Å².